The number of phenols is 1. The molecule has 1 aliphatic rings. The molecule has 0 atom stereocenters. The molecule has 1 N–H and O–H groups in total. The Bertz CT molecular complexity index is 648. The molecule has 0 spiro atoms. The molecule has 3 rings (SSSR count). The number of phenolic OH excluding ortho intramolecular Hbond substituents is 1. The molecular weight excluding hydrogens is 251 g/mol. The first-order valence-corrected chi connectivity index (χ1v) is 6.88. The molecule has 1 heterocycles. The second-order valence-electron chi connectivity index (χ2n) is 6.31. The molecule has 1 fully saturated rings. The molecule has 1 aliphatic heterocycles. The summed E-state index contributed by atoms with van der Waals surface area (Å²) in [6, 6.07) is 11.3. The minimum absolute atomic E-state index is 0.279. The topological polar surface area (TPSA) is 38.7 Å². The number of benzene rings is 2. The first kappa shape index (κ1) is 13.5. The number of aromatic hydroxyl groups is 1. The van der Waals surface area contributed by atoms with Gasteiger partial charge in [0.1, 0.15) is 5.75 Å². The van der Waals surface area contributed by atoms with Gasteiger partial charge in [0.05, 0.1) is 11.2 Å². The molecule has 4 heteroatoms. The van der Waals surface area contributed by atoms with Gasteiger partial charge >= 0.3 is 7.12 Å². The third kappa shape index (κ3) is 1.91. The van der Waals surface area contributed by atoms with E-state index in [-0.39, 0.29) is 17.0 Å². The Morgan fingerprint density at radius 2 is 1.40 bits per heavy atom. The lowest BCUT2D eigenvalue weighted by Gasteiger charge is -2.32. The van der Waals surface area contributed by atoms with Crippen LogP contribution in [0.1, 0.15) is 27.7 Å². The van der Waals surface area contributed by atoms with Gasteiger partial charge in [-0.25, -0.2) is 0 Å². The average Bonchev–Trinajstić information content (AvgIpc) is 2.58. The molecule has 104 valence electrons. The Morgan fingerprint density at radius 3 is 2.05 bits per heavy atom. The van der Waals surface area contributed by atoms with Crippen molar-refractivity contribution in [2.75, 3.05) is 0 Å². The Hall–Kier alpha value is -1.52. The summed E-state index contributed by atoms with van der Waals surface area (Å²) in [5, 5.41) is 11.7. The van der Waals surface area contributed by atoms with Gasteiger partial charge in [0.15, 0.2) is 0 Å². The van der Waals surface area contributed by atoms with Gasteiger partial charge < -0.3 is 14.4 Å². The standard InChI is InChI=1S/C16H19BO3/c1-15(2)16(3,4)20-17(19-15)13-9-5-8-12-11(13)7-6-10-14(12)18/h5-10,18H,1-4H3. The molecule has 0 bridgehead atoms. The van der Waals surface area contributed by atoms with E-state index in [1.54, 1.807) is 6.07 Å². The number of rotatable bonds is 1. The Kier molecular flexibility index (Phi) is 2.85. The van der Waals surface area contributed by atoms with Gasteiger partial charge in [-0.1, -0.05) is 30.3 Å². The van der Waals surface area contributed by atoms with Crippen LogP contribution in [-0.2, 0) is 9.31 Å². The van der Waals surface area contributed by atoms with E-state index in [9.17, 15) is 5.11 Å². The normalized spacial score (nSPS) is 20.5. The molecule has 0 amide bonds. The van der Waals surface area contributed by atoms with Crippen LogP contribution in [0.3, 0.4) is 0 Å². The summed E-state index contributed by atoms with van der Waals surface area (Å²) in [5.74, 6) is 0.279. The maximum Gasteiger partial charge on any atom is 0.495 e. The highest BCUT2D eigenvalue weighted by Crippen LogP contribution is 2.37. The van der Waals surface area contributed by atoms with E-state index < -0.39 is 7.12 Å². The molecule has 0 unspecified atom stereocenters. The highest BCUT2D eigenvalue weighted by molar-refractivity contribution is 6.65. The van der Waals surface area contributed by atoms with Gasteiger partial charge in [-0.05, 0) is 44.6 Å². The minimum Gasteiger partial charge on any atom is -0.507 e. The van der Waals surface area contributed by atoms with Crippen LogP contribution in [0.5, 0.6) is 5.75 Å². The highest BCUT2D eigenvalue weighted by Gasteiger charge is 2.52. The zero-order valence-electron chi connectivity index (χ0n) is 12.3. The average molecular weight is 270 g/mol. The van der Waals surface area contributed by atoms with Gasteiger partial charge in [-0.3, -0.25) is 0 Å². The summed E-state index contributed by atoms with van der Waals surface area (Å²) in [6.07, 6.45) is 0. The van der Waals surface area contributed by atoms with Crippen LogP contribution in [0.25, 0.3) is 10.8 Å². The number of hydrogen-bond acceptors (Lipinski definition) is 3. The molecule has 20 heavy (non-hydrogen) atoms. The van der Waals surface area contributed by atoms with Crippen molar-refractivity contribution in [1.82, 2.24) is 0 Å². The number of hydrogen-bond donors (Lipinski definition) is 1. The van der Waals surface area contributed by atoms with Crippen molar-refractivity contribution in [3.8, 4) is 5.75 Å². The molecule has 1 saturated heterocycles. The maximum atomic E-state index is 9.96. The second kappa shape index (κ2) is 4.24. The zero-order chi connectivity index (χ0) is 14.5. The smallest absolute Gasteiger partial charge is 0.495 e. The van der Waals surface area contributed by atoms with Crippen molar-refractivity contribution in [2.24, 2.45) is 0 Å². The van der Waals surface area contributed by atoms with Crippen molar-refractivity contribution >= 4 is 23.4 Å². The molecular formula is C16H19BO3. The predicted octanol–water partition coefficient (Wildman–Crippen LogP) is 2.84. The van der Waals surface area contributed by atoms with E-state index in [0.29, 0.717) is 0 Å². The third-order valence-electron chi connectivity index (χ3n) is 4.44. The SMILES string of the molecule is CC1(C)OB(c2cccc3c(O)cccc23)OC1(C)C. The first-order valence-electron chi connectivity index (χ1n) is 6.88. The molecule has 0 radical (unpaired) electrons. The van der Waals surface area contributed by atoms with Gasteiger partial charge in [0, 0.05) is 5.39 Å². The minimum atomic E-state index is -0.412. The van der Waals surface area contributed by atoms with Crippen molar-refractivity contribution in [2.45, 2.75) is 38.9 Å². The molecule has 0 aromatic heterocycles. The van der Waals surface area contributed by atoms with Gasteiger partial charge in [0.25, 0.3) is 0 Å². The van der Waals surface area contributed by atoms with E-state index in [1.807, 2.05) is 58.0 Å². The third-order valence-corrected chi connectivity index (χ3v) is 4.44. The van der Waals surface area contributed by atoms with Crippen molar-refractivity contribution in [1.29, 1.82) is 0 Å². The highest BCUT2D eigenvalue weighted by atomic mass is 16.7. The van der Waals surface area contributed by atoms with Gasteiger partial charge in [0.2, 0.25) is 0 Å². The van der Waals surface area contributed by atoms with E-state index in [0.717, 1.165) is 16.2 Å². The number of fused-ring (bicyclic) bond motifs is 1. The fourth-order valence-electron chi connectivity index (χ4n) is 2.49. The van der Waals surface area contributed by atoms with E-state index in [4.69, 9.17) is 9.31 Å². The Morgan fingerprint density at radius 1 is 0.850 bits per heavy atom. The van der Waals surface area contributed by atoms with Crippen LogP contribution in [0.4, 0.5) is 0 Å². The Balaban J connectivity index is 2.11. The largest absolute Gasteiger partial charge is 0.507 e. The first-order chi connectivity index (χ1) is 9.32. The van der Waals surface area contributed by atoms with E-state index >= 15 is 0 Å². The van der Waals surface area contributed by atoms with Crippen LogP contribution in [-0.4, -0.2) is 23.4 Å². The summed E-state index contributed by atoms with van der Waals surface area (Å²) in [6.45, 7) is 8.15. The summed E-state index contributed by atoms with van der Waals surface area (Å²) in [7, 11) is -0.412. The molecule has 0 saturated carbocycles. The zero-order valence-corrected chi connectivity index (χ0v) is 12.3. The van der Waals surface area contributed by atoms with Crippen LogP contribution in [0.2, 0.25) is 0 Å². The Labute approximate surface area is 119 Å². The van der Waals surface area contributed by atoms with Crippen LogP contribution < -0.4 is 5.46 Å². The lowest BCUT2D eigenvalue weighted by Crippen LogP contribution is -2.41. The molecule has 0 aliphatic carbocycles. The summed E-state index contributed by atoms with van der Waals surface area (Å²) in [5.41, 5.74) is 0.227. The van der Waals surface area contributed by atoms with Crippen LogP contribution in [0.15, 0.2) is 36.4 Å². The monoisotopic (exact) mass is 270 g/mol. The van der Waals surface area contributed by atoms with Crippen molar-refractivity contribution in [3.05, 3.63) is 36.4 Å². The summed E-state index contributed by atoms with van der Waals surface area (Å²) < 4.78 is 12.2. The fourth-order valence-corrected chi connectivity index (χ4v) is 2.49. The fraction of sp³-hybridized carbons (Fsp3) is 0.375. The van der Waals surface area contributed by atoms with Crippen LogP contribution >= 0.6 is 0 Å². The van der Waals surface area contributed by atoms with E-state index in [1.165, 1.54) is 0 Å². The molecule has 3 nitrogen and oxygen atoms in total. The summed E-state index contributed by atoms with van der Waals surface area (Å²) in [4.78, 5) is 0. The quantitative estimate of drug-likeness (QED) is 0.810. The predicted molar refractivity (Wildman–Crippen MR) is 81.3 cm³/mol. The van der Waals surface area contributed by atoms with Gasteiger partial charge in [-0.15, -0.1) is 0 Å². The van der Waals surface area contributed by atoms with Crippen LogP contribution in [0, 0.1) is 0 Å². The summed E-state index contributed by atoms with van der Waals surface area (Å²) >= 11 is 0. The lowest BCUT2D eigenvalue weighted by molar-refractivity contribution is 0.00578. The lowest BCUT2D eigenvalue weighted by atomic mass is 9.76. The van der Waals surface area contributed by atoms with Crippen molar-refractivity contribution < 1.29 is 14.4 Å². The van der Waals surface area contributed by atoms with Gasteiger partial charge in [-0.2, -0.15) is 0 Å². The van der Waals surface area contributed by atoms with E-state index in [2.05, 4.69) is 0 Å². The molecule has 2 aromatic rings. The maximum absolute atomic E-state index is 9.96. The second-order valence-corrected chi connectivity index (χ2v) is 6.31. The van der Waals surface area contributed by atoms with Crippen molar-refractivity contribution in [3.63, 3.8) is 0 Å². The molecule has 2 aromatic carbocycles.